The van der Waals surface area contributed by atoms with Gasteiger partial charge in [0.15, 0.2) is 5.76 Å². The van der Waals surface area contributed by atoms with E-state index in [0.29, 0.717) is 23.8 Å². The zero-order valence-electron chi connectivity index (χ0n) is 16.5. The molecule has 28 heavy (non-hydrogen) atoms. The molecule has 1 amide bonds. The highest BCUT2D eigenvalue weighted by Gasteiger charge is 2.38. The fraction of sp³-hybridized carbons (Fsp3) is 0.591. The number of nitrogens with zero attached hydrogens (tertiary/aromatic N) is 1. The van der Waals surface area contributed by atoms with E-state index in [0.717, 1.165) is 37.9 Å². The maximum absolute atomic E-state index is 13.1. The second-order valence-corrected chi connectivity index (χ2v) is 7.87. The highest BCUT2D eigenvalue weighted by atomic mass is 35.5. The van der Waals surface area contributed by atoms with Crippen LogP contribution in [0.25, 0.3) is 0 Å². The van der Waals surface area contributed by atoms with E-state index in [9.17, 15) is 9.90 Å². The number of hydrogen-bond acceptors (Lipinski definition) is 4. The molecule has 0 unspecified atom stereocenters. The first-order valence-electron chi connectivity index (χ1n) is 10.3. The first kappa shape index (κ1) is 21.2. The average Bonchev–Trinajstić information content (AvgIpc) is 2.73. The lowest BCUT2D eigenvalue weighted by atomic mass is 9.80. The molecule has 2 aliphatic rings. The second-order valence-electron chi connectivity index (χ2n) is 7.43. The second kappa shape index (κ2) is 10.3. The highest BCUT2D eigenvalue weighted by molar-refractivity contribution is 6.30. The molecule has 3 atom stereocenters. The van der Waals surface area contributed by atoms with Crippen molar-refractivity contribution in [2.75, 3.05) is 26.3 Å². The number of hydrogen-bond donors (Lipinski definition) is 1. The van der Waals surface area contributed by atoms with Crippen molar-refractivity contribution < 1.29 is 19.4 Å². The van der Waals surface area contributed by atoms with E-state index in [4.69, 9.17) is 21.1 Å². The number of rotatable bonds is 7. The molecule has 1 aromatic rings. The summed E-state index contributed by atoms with van der Waals surface area (Å²) in [5.74, 6) is 0.313. The van der Waals surface area contributed by atoms with Crippen molar-refractivity contribution in [2.24, 2.45) is 5.92 Å². The molecule has 154 valence electrons. The Morgan fingerprint density at radius 1 is 1.25 bits per heavy atom. The van der Waals surface area contributed by atoms with E-state index in [1.165, 1.54) is 6.42 Å². The lowest BCUT2D eigenvalue weighted by Gasteiger charge is -2.38. The molecule has 2 aliphatic heterocycles. The number of carbonyl (C=O) groups excluding carboxylic acids is 1. The average molecular weight is 408 g/mol. The number of halogens is 1. The molecule has 5 nitrogen and oxygen atoms in total. The summed E-state index contributed by atoms with van der Waals surface area (Å²) in [5.41, 5.74) is 1.07. The van der Waals surface area contributed by atoms with E-state index in [1.807, 2.05) is 42.2 Å². The topological polar surface area (TPSA) is 59.0 Å². The molecule has 1 fully saturated rings. The van der Waals surface area contributed by atoms with Gasteiger partial charge in [0.05, 0.1) is 0 Å². The third kappa shape index (κ3) is 5.07. The standard InChI is InChI=1S/C22H30ClNO4/c1-2-27-22-18(7-6-14-25)19(16-8-10-17(23)11-9-16)15-20(28-22)21(26)24-12-4-3-5-13-24/h8-11,15,18-19,22,25H,2-7,12-14H2,1H3/t18-,19+,22+/m0/s1. The molecule has 0 radical (unpaired) electrons. The Bertz CT molecular complexity index is 670. The zero-order chi connectivity index (χ0) is 19.9. The monoisotopic (exact) mass is 407 g/mol. The third-order valence-corrected chi connectivity index (χ3v) is 5.77. The van der Waals surface area contributed by atoms with Crippen molar-refractivity contribution in [2.45, 2.75) is 51.2 Å². The largest absolute Gasteiger partial charge is 0.459 e. The van der Waals surface area contributed by atoms with Crippen LogP contribution in [-0.2, 0) is 14.3 Å². The quantitative estimate of drug-likeness (QED) is 0.739. The van der Waals surface area contributed by atoms with Crippen LogP contribution in [0.3, 0.4) is 0 Å². The number of piperidine rings is 1. The van der Waals surface area contributed by atoms with Gasteiger partial charge in [-0.1, -0.05) is 23.7 Å². The van der Waals surface area contributed by atoms with Crippen LogP contribution >= 0.6 is 11.6 Å². The molecule has 1 saturated heterocycles. The fourth-order valence-corrected chi connectivity index (χ4v) is 4.20. The summed E-state index contributed by atoms with van der Waals surface area (Å²) in [4.78, 5) is 15.0. The number of carbonyl (C=O) groups is 1. The summed E-state index contributed by atoms with van der Waals surface area (Å²) in [6, 6.07) is 7.72. The van der Waals surface area contributed by atoms with Crippen LogP contribution in [0.5, 0.6) is 0 Å². The predicted molar refractivity (Wildman–Crippen MR) is 109 cm³/mol. The van der Waals surface area contributed by atoms with Crippen molar-refractivity contribution in [1.82, 2.24) is 4.90 Å². The number of benzene rings is 1. The van der Waals surface area contributed by atoms with Crippen molar-refractivity contribution in [1.29, 1.82) is 0 Å². The molecular weight excluding hydrogens is 378 g/mol. The number of ether oxygens (including phenoxy) is 2. The van der Waals surface area contributed by atoms with Crippen LogP contribution in [0.4, 0.5) is 0 Å². The van der Waals surface area contributed by atoms with Crippen LogP contribution in [-0.4, -0.2) is 48.5 Å². The number of aliphatic hydroxyl groups excluding tert-OH is 1. The maximum atomic E-state index is 13.1. The molecule has 2 heterocycles. The van der Waals surface area contributed by atoms with Crippen LogP contribution in [0.2, 0.25) is 5.02 Å². The normalized spacial score (nSPS) is 25.2. The van der Waals surface area contributed by atoms with E-state index in [1.54, 1.807) is 0 Å². The SMILES string of the molecule is CCO[C@@H]1OC(C(=O)N2CCCCC2)=C[C@H](c2ccc(Cl)cc2)[C@@H]1CCCO. The number of allylic oxidation sites excluding steroid dienone is 1. The van der Waals surface area contributed by atoms with Gasteiger partial charge in [0, 0.05) is 43.2 Å². The summed E-state index contributed by atoms with van der Waals surface area (Å²) >= 11 is 6.07. The van der Waals surface area contributed by atoms with E-state index in [-0.39, 0.29) is 24.3 Å². The number of amides is 1. The Morgan fingerprint density at radius 3 is 2.61 bits per heavy atom. The van der Waals surface area contributed by atoms with Crippen LogP contribution in [0.15, 0.2) is 36.1 Å². The van der Waals surface area contributed by atoms with Gasteiger partial charge in [-0.3, -0.25) is 4.79 Å². The Kier molecular flexibility index (Phi) is 7.77. The van der Waals surface area contributed by atoms with Gasteiger partial charge in [-0.25, -0.2) is 0 Å². The molecule has 0 aliphatic carbocycles. The van der Waals surface area contributed by atoms with Crippen molar-refractivity contribution in [3.8, 4) is 0 Å². The van der Waals surface area contributed by atoms with Crippen LogP contribution < -0.4 is 0 Å². The lowest BCUT2D eigenvalue weighted by molar-refractivity contribution is -0.170. The summed E-state index contributed by atoms with van der Waals surface area (Å²) in [6.07, 6.45) is 6.08. The molecule has 3 rings (SSSR count). The minimum absolute atomic E-state index is 0.0196. The zero-order valence-corrected chi connectivity index (χ0v) is 17.2. The molecule has 1 N–H and O–H groups in total. The summed E-state index contributed by atoms with van der Waals surface area (Å²) in [6.45, 7) is 4.09. The van der Waals surface area contributed by atoms with E-state index < -0.39 is 6.29 Å². The van der Waals surface area contributed by atoms with Gasteiger partial charge in [-0.05, 0) is 62.8 Å². The van der Waals surface area contributed by atoms with Gasteiger partial charge < -0.3 is 19.5 Å². The summed E-state index contributed by atoms with van der Waals surface area (Å²) < 4.78 is 12.0. The van der Waals surface area contributed by atoms with Gasteiger partial charge in [-0.15, -0.1) is 0 Å². The summed E-state index contributed by atoms with van der Waals surface area (Å²) in [5, 5.41) is 10.0. The van der Waals surface area contributed by atoms with Gasteiger partial charge in [0.1, 0.15) is 0 Å². The van der Waals surface area contributed by atoms with Crippen LogP contribution in [0, 0.1) is 5.92 Å². The minimum Gasteiger partial charge on any atom is -0.459 e. The fourth-order valence-electron chi connectivity index (χ4n) is 4.08. The highest BCUT2D eigenvalue weighted by Crippen LogP contribution is 2.40. The van der Waals surface area contributed by atoms with E-state index in [2.05, 4.69) is 0 Å². The first-order valence-corrected chi connectivity index (χ1v) is 10.7. The Balaban J connectivity index is 1.92. The molecule has 1 aromatic carbocycles. The molecule has 6 heteroatoms. The molecule has 0 aromatic heterocycles. The Morgan fingerprint density at radius 2 is 1.96 bits per heavy atom. The van der Waals surface area contributed by atoms with Crippen molar-refractivity contribution in [3.63, 3.8) is 0 Å². The number of likely N-dealkylation sites (tertiary alicyclic amines) is 1. The molecule has 0 bridgehead atoms. The first-order chi connectivity index (χ1) is 13.6. The lowest BCUT2D eigenvalue weighted by Crippen LogP contribution is -2.42. The van der Waals surface area contributed by atoms with Gasteiger partial charge in [0.25, 0.3) is 5.91 Å². The minimum atomic E-state index is -0.508. The van der Waals surface area contributed by atoms with Gasteiger partial charge in [0.2, 0.25) is 6.29 Å². The maximum Gasteiger partial charge on any atom is 0.288 e. The Labute approximate surface area is 172 Å². The van der Waals surface area contributed by atoms with Gasteiger partial charge in [-0.2, -0.15) is 0 Å². The predicted octanol–water partition coefficient (Wildman–Crippen LogP) is 4.10. The van der Waals surface area contributed by atoms with Gasteiger partial charge >= 0.3 is 0 Å². The molecule has 0 spiro atoms. The Hall–Kier alpha value is -1.56. The number of aliphatic hydroxyl groups is 1. The van der Waals surface area contributed by atoms with Crippen molar-refractivity contribution in [3.05, 3.63) is 46.7 Å². The smallest absolute Gasteiger partial charge is 0.288 e. The molecular formula is C22H30ClNO4. The van der Waals surface area contributed by atoms with Crippen LogP contribution in [0.1, 0.15) is 50.5 Å². The van der Waals surface area contributed by atoms with Crippen molar-refractivity contribution >= 4 is 17.5 Å². The third-order valence-electron chi connectivity index (χ3n) is 5.52. The summed E-state index contributed by atoms with van der Waals surface area (Å²) in [7, 11) is 0. The van der Waals surface area contributed by atoms with E-state index >= 15 is 0 Å². The molecule has 0 saturated carbocycles.